The highest BCUT2D eigenvalue weighted by atomic mass is 35.5. The van der Waals surface area contributed by atoms with Crippen LogP contribution in [0.3, 0.4) is 0 Å². The SMILES string of the molecule is CCCNc1ncc(Cl)c(N2CCC(CC(N)=O)CC2)n1. The Hall–Kier alpha value is -1.56. The molecular weight excluding hydrogens is 290 g/mol. The van der Waals surface area contributed by atoms with Crippen molar-refractivity contribution in [3.05, 3.63) is 11.2 Å². The lowest BCUT2D eigenvalue weighted by molar-refractivity contribution is -0.119. The number of nitrogens with one attached hydrogen (secondary N) is 1. The van der Waals surface area contributed by atoms with Gasteiger partial charge in [-0.25, -0.2) is 4.98 Å². The van der Waals surface area contributed by atoms with Crippen molar-refractivity contribution in [1.29, 1.82) is 0 Å². The molecule has 3 N–H and O–H groups in total. The molecule has 0 atom stereocenters. The van der Waals surface area contributed by atoms with Gasteiger partial charge in [0.2, 0.25) is 11.9 Å². The van der Waals surface area contributed by atoms with E-state index in [0.717, 1.165) is 44.7 Å². The molecule has 1 saturated heterocycles. The second-order valence-electron chi connectivity index (χ2n) is 5.39. The number of halogens is 1. The molecule has 0 bridgehead atoms. The molecule has 0 aromatic carbocycles. The van der Waals surface area contributed by atoms with Gasteiger partial charge < -0.3 is 16.0 Å². The fourth-order valence-electron chi connectivity index (χ4n) is 2.54. The first-order chi connectivity index (χ1) is 10.1. The molecule has 1 aromatic heterocycles. The van der Waals surface area contributed by atoms with E-state index in [4.69, 9.17) is 17.3 Å². The van der Waals surface area contributed by atoms with Gasteiger partial charge >= 0.3 is 0 Å². The van der Waals surface area contributed by atoms with Crippen molar-refractivity contribution in [3.63, 3.8) is 0 Å². The van der Waals surface area contributed by atoms with Crippen LogP contribution >= 0.6 is 11.6 Å². The van der Waals surface area contributed by atoms with E-state index >= 15 is 0 Å². The molecule has 1 aromatic rings. The van der Waals surface area contributed by atoms with Crippen molar-refractivity contribution in [1.82, 2.24) is 9.97 Å². The first kappa shape index (κ1) is 15.8. The topological polar surface area (TPSA) is 84.1 Å². The molecule has 6 nitrogen and oxygen atoms in total. The highest BCUT2D eigenvalue weighted by Gasteiger charge is 2.23. The van der Waals surface area contributed by atoms with Crippen LogP contribution in [0.4, 0.5) is 11.8 Å². The van der Waals surface area contributed by atoms with E-state index in [1.54, 1.807) is 6.20 Å². The number of nitrogens with two attached hydrogens (primary N) is 1. The summed E-state index contributed by atoms with van der Waals surface area (Å²) in [7, 11) is 0. The van der Waals surface area contributed by atoms with Gasteiger partial charge in [-0.1, -0.05) is 18.5 Å². The second kappa shape index (κ2) is 7.45. The number of carbonyl (C=O) groups excluding carboxylic acids is 1. The number of aromatic nitrogens is 2. The third kappa shape index (κ3) is 4.46. The first-order valence-electron chi connectivity index (χ1n) is 7.39. The van der Waals surface area contributed by atoms with Gasteiger partial charge in [-0.05, 0) is 25.2 Å². The minimum atomic E-state index is -0.223. The number of primary amides is 1. The average Bonchev–Trinajstić information content (AvgIpc) is 2.47. The van der Waals surface area contributed by atoms with Crippen molar-refractivity contribution in [3.8, 4) is 0 Å². The lowest BCUT2D eigenvalue weighted by Crippen LogP contribution is -2.35. The second-order valence-corrected chi connectivity index (χ2v) is 5.80. The summed E-state index contributed by atoms with van der Waals surface area (Å²) in [4.78, 5) is 21.8. The van der Waals surface area contributed by atoms with E-state index in [9.17, 15) is 4.79 Å². The minimum absolute atomic E-state index is 0.223. The number of carbonyl (C=O) groups is 1. The maximum atomic E-state index is 11.0. The average molecular weight is 312 g/mol. The Labute approximate surface area is 130 Å². The van der Waals surface area contributed by atoms with E-state index < -0.39 is 0 Å². The molecule has 0 spiro atoms. The van der Waals surface area contributed by atoms with Crippen LogP contribution in [-0.4, -0.2) is 35.5 Å². The zero-order chi connectivity index (χ0) is 15.2. The number of hydrogen-bond acceptors (Lipinski definition) is 5. The number of piperidine rings is 1. The number of rotatable bonds is 6. The molecule has 1 amide bonds. The zero-order valence-corrected chi connectivity index (χ0v) is 13.1. The molecular formula is C14H22ClN5O. The molecule has 2 rings (SSSR count). The molecule has 21 heavy (non-hydrogen) atoms. The summed E-state index contributed by atoms with van der Waals surface area (Å²) >= 11 is 6.22. The van der Waals surface area contributed by atoms with Crippen molar-refractivity contribution < 1.29 is 4.79 Å². The fraction of sp³-hybridized carbons (Fsp3) is 0.643. The van der Waals surface area contributed by atoms with Gasteiger partial charge in [0, 0.05) is 26.1 Å². The Bertz CT molecular complexity index is 488. The summed E-state index contributed by atoms with van der Waals surface area (Å²) in [6.45, 7) is 4.60. The van der Waals surface area contributed by atoms with Gasteiger partial charge in [0.1, 0.15) is 5.02 Å². The number of anilines is 2. The summed E-state index contributed by atoms with van der Waals surface area (Å²) in [5.74, 6) is 1.52. The molecule has 116 valence electrons. The molecule has 0 saturated carbocycles. The molecule has 0 aliphatic carbocycles. The van der Waals surface area contributed by atoms with Crippen molar-refractivity contribution in [2.75, 3.05) is 29.9 Å². The highest BCUT2D eigenvalue weighted by Crippen LogP contribution is 2.29. The molecule has 0 radical (unpaired) electrons. The summed E-state index contributed by atoms with van der Waals surface area (Å²) < 4.78 is 0. The normalized spacial score (nSPS) is 16.0. The fourth-order valence-corrected chi connectivity index (χ4v) is 2.75. The number of nitrogens with zero attached hydrogens (tertiary/aromatic N) is 3. The molecule has 2 heterocycles. The van der Waals surface area contributed by atoms with Crippen LogP contribution in [0.5, 0.6) is 0 Å². The Balaban J connectivity index is 2.00. The number of amides is 1. The Morgan fingerprint density at radius 3 is 2.86 bits per heavy atom. The summed E-state index contributed by atoms with van der Waals surface area (Å²) in [6, 6.07) is 0. The van der Waals surface area contributed by atoms with Crippen LogP contribution < -0.4 is 16.0 Å². The first-order valence-corrected chi connectivity index (χ1v) is 7.77. The van der Waals surface area contributed by atoms with Crippen LogP contribution in [0.25, 0.3) is 0 Å². The molecule has 1 fully saturated rings. The lowest BCUT2D eigenvalue weighted by atomic mass is 9.93. The van der Waals surface area contributed by atoms with Gasteiger partial charge in [0.05, 0.1) is 6.20 Å². The Morgan fingerprint density at radius 1 is 1.52 bits per heavy atom. The third-order valence-electron chi connectivity index (χ3n) is 3.66. The molecule has 0 unspecified atom stereocenters. The predicted octanol–water partition coefficient (Wildman–Crippen LogP) is 2.04. The van der Waals surface area contributed by atoms with E-state index in [1.807, 2.05) is 0 Å². The minimum Gasteiger partial charge on any atom is -0.370 e. The maximum absolute atomic E-state index is 11.0. The van der Waals surface area contributed by atoms with Gasteiger partial charge in [-0.15, -0.1) is 0 Å². The Morgan fingerprint density at radius 2 is 2.24 bits per heavy atom. The van der Waals surface area contributed by atoms with E-state index in [2.05, 4.69) is 27.1 Å². The maximum Gasteiger partial charge on any atom is 0.224 e. The van der Waals surface area contributed by atoms with Gasteiger partial charge in [0.25, 0.3) is 0 Å². The van der Waals surface area contributed by atoms with Crippen molar-refractivity contribution >= 4 is 29.3 Å². The summed E-state index contributed by atoms with van der Waals surface area (Å²) in [5.41, 5.74) is 5.26. The molecule has 1 aliphatic rings. The van der Waals surface area contributed by atoms with Crippen LogP contribution in [0.1, 0.15) is 32.6 Å². The largest absolute Gasteiger partial charge is 0.370 e. The van der Waals surface area contributed by atoms with E-state index in [-0.39, 0.29) is 5.91 Å². The van der Waals surface area contributed by atoms with Gasteiger partial charge in [0.15, 0.2) is 5.82 Å². The van der Waals surface area contributed by atoms with Crippen LogP contribution in [0.2, 0.25) is 5.02 Å². The third-order valence-corrected chi connectivity index (χ3v) is 3.93. The summed E-state index contributed by atoms with van der Waals surface area (Å²) in [5, 5.41) is 3.73. The zero-order valence-electron chi connectivity index (χ0n) is 12.3. The van der Waals surface area contributed by atoms with Crippen LogP contribution in [0.15, 0.2) is 6.20 Å². The number of hydrogen-bond donors (Lipinski definition) is 2. The summed E-state index contributed by atoms with van der Waals surface area (Å²) in [6.07, 6.45) is 4.98. The highest BCUT2D eigenvalue weighted by molar-refractivity contribution is 6.32. The van der Waals surface area contributed by atoms with Gasteiger partial charge in [-0.2, -0.15) is 4.98 Å². The lowest BCUT2D eigenvalue weighted by Gasteiger charge is -2.32. The monoisotopic (exact) mass is 311 g/mol. The standard InChI is InChI=1S/C14H22ClN5O/c1-2-5-17-14-18-9-11(15)13(19-14)20-6-3-10(4-7-20)8-12(16)21/h9-10H,2-8H2,1H3,(H2,16,21)(H,17,18,19). The van der Waals surface area contributed by atoms with Crippen LogP contribution in [-0.2, 0) is 4.79 Å². The predicted molar refractivity (Wildman–Crippen MR) is 84.6 cm³/mol. The quantitative estimate of drug-likeness (QED) is 0.840. The van der Waals surface area contributed by atoms with Crippen molar-refractivity contribution in [2.45, 2.75) is 32.6 Å². The van der Waals surface area contributed by atoms with Crippen LogP contribution in [0, 0.1) is 5.92 Å². The molecule has 7 heteroatoms. The van der Waals surface area contributed by atoms with E-state index in [1.165, 1.54) is 0 Å². The smallest absolute Gasteiger partial charge is 0.224 e. The Kier molecular flexibility index (Phi) is 5.61. The molecule has 1 aliphatic heterocycles. The van der Waals surface area contributed by atoms with E-state index in [0.29, 0.717) is 23.3 Å². The van der Waals surface area contributed by atoms with Crippen molar-refractivity contribution in [2.24, 2.45) is 11.7 Å². The van der Waals surface area contributed by atoms with Gasteiger partial charge in [-0.3, -0.25) is 4.79 Å².